The first kappa shape index (κ1) is 15.8. The summed E-state index contributed by atoms with van der Waals surface area (Å²) in [6.07, 6.45) is 6.73. The van der Waals surface area contributed by atoms with Gasteiger partial charge in [-0.05, 0) is 32.1 Å². The maximum atomic E-state index is 12.9. The third kappa shape index (κ3) is 3.00. The minimum Gasteiger partial charge on any atom is -0.336 e. The van der Waals surface area contributed by atoms with Crippen molar-refractivity contribution in [2.75, 3.05) is 0 Å². The zero-order valence-electron chi connectivity index (χ0n) is 14.1. The molecule has 2 fully saturated rings. The molecule has 1 aliphatic carbocycles. The van der Waals surface area contributed by atoms with Crippen LogP contribution in [0.2, 0.25) is 0 Å². The quantitative estimate of drug-likeness (QED) is 0.822. The van der Waals surface area contributed by atoms with Gasteiger partial charge in [-0.2, -0.15) is 0 Å². The summed E-state index contributed by atoms with van der Waals surface area (Å²) in [5.74, 6) is 1.000. The summed E-state index contributed by atoms with van der Waals surface area (Å²) in [7, 11) is 0. The predicted octanol–water partition coefficient (Wildman–Crippen LogP) is 4.53. The first-order valence-corrected chi connectivity index (χ1v) is 9.91. The fraction of sp³-hybridized carbons (Fsp3) is 0.500. The zero-order chi connectivity index (χ0) is 16.5. The van der Waals surface area contributed by atoms with E-state index in [-0.39, 0.29) is 5.91 Å². The van der Waals surface area contributed by atoms with Crippen LogP contribution < -0.4 is 0 Å². The van der Waals surface area contributed by atoms with E-state index >= 15 is 0 Å². The van der Waals surface area contributed by atoms with Gasteiger partial charge in [-0.25, -0.2) is 4.98 Å². The van der Waals surface area contributed by atoms with Crippen LogP contribution in [0.4, 0.5) is 0 Å². The van der Waals surface area contributed by atoms with E-state index in [9.17, 15) is 4.79 Å². The van der Waals surface area contributed by atoms with Crippen LogP contribution in [-0.2, 0) is 11.2 Å². The van der Waals surface area contributed by atoms with E-state index < -0.39 is 0 Å². The standard InChI is InChI=1S/C20H24N2OS/c1-14-11-16-9-5-6-10-18(16)22(14)20(23)12-19-21-17(13-24-19)15-7-3-2-4-8-15/h2-4,7-8,13-14,16,18H,5-6,9-12H2,1H3. The number of thiazole rings is 1. The second-order valence-corrected chi connectivity index (χ2v) is 8.11. The fourth-order valence-corrected chi connectivity index (χ4v) is 5.29. The van der Waals surface area contributed by atoms with Crippen molar-refractivity contribution >= 4 is 17.2 Å². The van der Waals surface area contributed by atoms with Crippen LogP contribution in [0.25, 0.3) is 11.3 Å². The smallest absolute Gasteiger partial charge is 0.229 e. The molecule has 2 aliphatic rings. The van der Waals surface area contributed by atoms with Crippen molar-refractivity contribution in [3.8, 4) is 11.3 Å². The van der Waals surface area contributed by atoms with E-state index in [0.29, 0.717) is 18.5 Å². The topological polar surface area (TPSA) is 33.2 Å². The lowest BCUT2D eigenvalue weighted by molar-refractivity contribution is -0.133. The van der Waals surface area contributed by atoms with E-state index in [4.69, 9.17) is 4.98 Å². The molecule has 3 atom stereocenters. The van der Waals surface area contributed by atoms with Gasteiger partial charge in [0, 0.05) is 23.0 Å². The molecule has 3 unspecified atom stereocenters. The van der Waals surface area contributed by atoms with Gasteiger partial charge in [0.1, 0.15) is 5.01 Å². The highest BCUT2D eigenvalue weighted by Gasteiger charge is 2.42. The summed E-state index contributed by atoms with van der Waals surface area (Å²) in [6, 6.07) is 11.1. The normalized spacial score (nSPS) is 26.4. The van der Waals surface area contributed by atoms with E-state index in [0.717, 1.165) is 22.2 Å². The number of likely N-dealkylation sites (tertiary alicyclic amines) is 1. The molecule has 24 heavy (non-hydrogen) atoms. The summed E-state index contributed by atoms with van der Waals surface area (Å²) in [4.78, 5) is 19.8. The minimum absolute atomic E-state index is 0.269. The summed E-state index contributed by atoms with van der Waals surface area (Å²) in [5, 5.41) is 3.00. The third-order valence-electron chi connectivity index (χ3n) is 5.56. The number of rotatable bonds is 3. The van der Waals surface area contributed by atoms with E-state index in [2.05, 4.69) is 29.3 Å². The number of hydrogen-bond donors (Lipinski definition) is 0. The SMILES string of the molecule is CC1CC2CCCCC2N1C(=O)Cc1nc(-c2ccccc2)cs1. The highest BCUT2D eigenvalue weighted by atomic mass is 32.1. The molecule has 4 rings (SSSR count). The van der Waals surface area contributed by atoms with Crippen LogP contribution in [0.3, 0.4) is 0 Å². The first-order valence-electron chi connectivity index (χ1n) is 9.03. The van der Waals surface area contributed by atoms with E-state index in [1.54, 1.807) is 11.3 Å². The van der Waals surface area contributed by atoms with Crippen LogP contribution in [0.15, 0.2) is 35.7 Å². The molecule has 1 saturated carbocycles. The number of fused-ring (bicyclic) bond motifs is 1. The highest BCUT2D eigenvalue weighted by Crippen LogP contribution is 2.39. The Balaban J connectivity index is 1.47. The Morgan fingerprint density at radius 2 is 2.04 bits per heavy atom. The second kappa shape index (κ2) is 6.67. The molecule has 1 aromatic carbocycles. The molecule has 126 valence electrons. The van der Waals surface area contributed by atoms with Crippen molar-refractivity contribution in [3.63, 3.8) is 0 Å². The predicted molar refractivity (Wildman–Crippen MR) is 97.9 cm³/mol. The Hall–Kier alpha value is -1.68. The summed E-state index contributed by atoms with van der Waals surface area (Å²) in [5.41, 5.74) is 2.10. The Bertz CT molecular complexity index is 711. The number of benzene rings is 1. The summed E-state index contributed by atoms with van der Waals surface area (Å²) >= 11 is 1.60. The molecule has 1 saturated heterocycles. The van der Waals surface area contributed by atoms with Crippen molar-refractivity contribution in [2.24, 2.45) is 5.92 Å². The van der Waals surface area contributed by atoms with Crippen LogP contribution in [0, 0.1) is 5.92 Å². The summed E-state index contributed by atoms with van der Waals surface area (Å²) < 4.78 is 0. The molecule has 2 heterocycles. The van der Waals surface area contributed by atoms with Crippen molar-refractivity contribution < 1.29 is 4.79 Å². The number of amides is 1. The number of aromatic nitrogens is 1. The molecular formula is C20H24N2OS. The lowest BCUT2D eigenvalue weighted by Gasteiger charge is -2.33. The summed E-state index contributed by atoms with van der Waals surface area (Å²) in [6.45, 7) is 2.22. The van der Waals surface area contributed by atoms with Gasteiger partial charge < -0.3 is 4.90 Å². The molecule has 0 radical (unpaired) electrons. The minimum atomic E-state index is 0.269. The van der Waals surface area contributed by atoms with Gasteiger partial charge >= 0.3 is 0 Å². The number of carbonyl (C=O) groups excluding carboxylic acids is 1. The van der Waals surface area contributed by atoms with Crippen LogP contribution >= 0.6 is 11.3 Å². The van der Waals surface area contributed by atoms with Gasteiger partial charge in [0.15, 0.2) is 0 Å². The fourth-order valence-electron chi connectivity index (χ4n) is 4.49. The molecule has 1 aliphatic heterocycles. The third-order valence-corrected chi connectivity index (χ3v) is 6.41. The molecule has 1 amide bonds. The van der Waals surface area contributed by atoms with Crippen molar-refractivity contribution in [1.29, 1.82) is 0 Å². The molecule has 4 heteroatoms. The number of carbonyl (C=O) groups is 1. The first-order chi connectivity index (χ1) is 11.7. The maximum absolute atomic E-state index is 12.9. The Morgan fingerprint density at radius 3 is 2.88 bits per heavy atom. The average molecular weight is 340 g/mol. The Labute approximate surface area is 147 Å². The highest BCUT2D eigenvalue weighted by molar-refractivity contribution is 7.10. The molecule has 0 bridgehead atoms. The number of nitrogens with zero attached hydrogens (tertiary/aromatic N) is 2. The lowest BCUT2D eigenvalue weighted by atomic mass is 9.85. The van der Waals surface area contributed by atoms with Gasteiger partial charge in [-0.1, -0.05) is 43.2 Å². The average Bonchev–Trinajstić information content (AvgIpc) is 3.19. The van der Waals surface area contributed by atoms with Crippen LogP contribution in [-0.4, -0.2) is 27.9 Å². The van der Waals surface area contributed by atoms with Crippen LogP contribution in [0.5, 0.6) is 0 Å². The number of hydrogen-bond acceptors (Lipinski definition) is 3. The van der Waals surface area contributed by atoms with Crippen molar-refractivity contribution in [3.05, 3.63) is 40.7 Å². The molecule has 0 spiro atoms. The van der Waals surface area contributed by atoms with Gasteiger partial charge in [0.05, 0.1) is 12.1 Å². The molecule has 2 aromatic rings. The van der Waals surface area contributed by atoms with Gasteiger partial charge in [-0.15, -0.1) is 11.3 Å². The Morgan fingerprint density at radius 1 is 1.25 bits per heavy atom. The van der Waals surface area contributed by atoms with Crippen molar-refractivity contribution in [2.45, 2.75) is 57.5 Å². The van der Waals surface area contributed by atoms with Gasteiger partial charge in [0.25, 0.3) is 0 Å². The van der Waals surface area contributed by atoms with Crippen LogP contribution in [0.1, 0.15) is 44.0 Å². The molecular weight excluding hydrogens is 316 g/mol. The van der Waals surface area contributed by atoms with E-state index in [1.165, 1.54) is 32.1 Å². The largest absolute Gasteiger partial charge is 0.336 e. The van der Waals surface area contributed by atoms with E-state index in [1.807, 2.05) is 18.2 Å². The zero-order valence-corrected chi connectivity index (χ0v) is 15.0. The molecule has 1 aromatic heterocycles. The van der Waals surface area contributed by atoms with Crippen molar-refractivity contribution in [1.82, 2.24) is 9.88 Å². The monoisotopic (exact) mass is 340 g/mol. The second-order valence-electron chi connectivity index (χ2n) is 7.17. The Kier molecular flexibility index (Phi) is 4.40. The maximum Gasteiger partial charge on any atom is 0.229 e. The molecule has 3 nitrogen and oxygen atoms in total. The lowest BCUT2D eigenvalue weighted by Crippen LogP contribution is -2.43. The molecule has 0 N–H and O–H groups in total. The van der Waals surface area contributed by atoms with Gasteiger partial charge in [-0.3, -0.25) is 4.79 Å². The van der Waals surface area contributed by atoms with Gasteiger partial charge in [0.2, 0.25) is 5.91 Å².